The van der Waals surface area contributed by atoms with E-state index in [-0.39, 0.29) is 5.69 Å². The number of benzene rings is 1. The average molecular weight is 275 g/mol. The van der Waals surface area contributed by atoms with Gasteiger partial charge >= 0.3 is 0 Å². The van der Waals surface area contributed by atoms with Crippen LogP contribution in [0.5, 0.6) is 0 Å². The second-order valence-corrected chi connectivity index (χ2v) is 4.35. The highest BCUT2D eigenvalue weighted by Crippen LogP contribution is 2.20. The SMILES string of the molecule is CCNCCCn1cnc(-c2cccc([N+](=O)[O-])c2)n1. The number of nitrogens with one attached hydrogen (secondary N) is 1. The van der Waals surface area contributed by atoms with Gasteiger partial charge in [0, 0.05) is 24.2 Å². The van der Waals surface area contributed by atoms with Gasteiger partial charge in [0.2, 0.25) is 0 Å². The molecule has 0 radical (unpaired) electrons. The van der Waals surface area contributed by atoms with Gasteiger partial charge in [-0.15, -0.1) is 0 Å². The maximum Gasteiger partial charge on any atom is 0.270 e. The fourth-order valence-electron chi connectivity index (χ4n) is 1.84. The molecule has 0 bridgehead atoms. The van der Waals surface area contributed by atoms with E-state index in [1.54, 1.807) is 23.1 Å². The van der Waals surface area contributed by atoms with Crippen LogP contribution >= 0.6 is 0 Å². The molecule has 1 N–H and O–H groups in total. The van der Waals surface area contributed by atoms with Crippen molar-refractivity contribution in [1.82, 2.24) is 20.1 Å². The fraction of sp³-hybridized carbons (Fsp3) is 0.385. The molecule has 0 unspecified atom stereocenters. The maximum absolute atomic E-state index is 10.7. The molecule has 0 aliphatic carbocycles. The zero-order valence-corrected chi connectivity index (χ0v) is 11.3. The van der Waals surface area contributed by atoms with Crippen molar-refractivity contribution in [2.24, 2.45) is 0 Å². The minimum Gasteiger partial charge on any atom is -0.317 e. The lowest BCUT2D eigenvalue weighted by Gasteiger charge is -2.01. The molecule has 0 spiro atoms. The number of non-ortho nitro benzene ring substituents is 1. The second kappa shape index (κ2) is 6.76. The topological polar surface area (TPSA) is 85.9 Å². The monoisotopic (exact) mass is 275 g/mol. The third kappa shape index (κ3) is 3.61. The number of hydrogen-bond donors (Lipinski definition) is 1. The number of hydrogen-bond acceptors (Lipinski definition) is 5. The molecule has 0 aliphatic heterocycles. The van der Waals surface area contributed by atoms with Crippen LogP contribution < -0.4 is 5.32 Å². The zero-order chi connectivity index (χ0) is 14.4. The van der Waals surface area contributed by atoms with E-state index in [4.69, 9.17) is 0 Å². The fourth-order valence-corrected chi connectivity index (χ4v) is 1.84. The Balaban J connectivity index is 2.04. The number of nitro groups is 1. The number of aromatic nitrogens is 3. The Morgan fingerprint density at radius 3 is 3.05 bits per heavy atom. The molecule has 7 nitrogen and oxygen atoms in total. The van der Waals surface area contributed by atoms with Crippen molar-refractivity contribution in [3.05, 3.63) is 40.7 Å². The van der Waals surface area contributed by atoms with E-state index in [2.05, 4.69) is 22.3 Å². The first-order valence-electron chi connectivity index (χ1n) is 6.55. The number of nitro benzene ring substituents is 1. The Bertz CT molecular complexity index is 582. The molecule has 0 aliphatic rings. The van der Waals surface area contributed by atoms with E-state index >= 15 is 0 Å². The molecule has 2 aromatic rings. The Morgan fingerprint density at radius 2 is 2.30 bits per heavy atom. The summed E-state index contributed by atoms with van der Waals surface area (Å²) >= 11 is 0. The van der Waals surface area contributed by atoms with Crippen molar-refractivity contribution in [3.8, 4) is 11.4 Å². The summed E-state index contributed by atoms with van der Waals surface area (Å²) in [7, 11) is 0. The van der Waals surface area contributed by atoms with E-state index in [0.717, 1.165) is 26.1 Å². The Kier molecular flexibility index (Phi) is 4.78. The third-order valence-corrected chi connectivity index (χ3v) is 2.84. The Labute approximate surface area is 116 Å². The highest BCUT2D eigenvalue weighted by molar-refractivity contribution is 5.58. The van der Waals surface area contributed by atoms with Crippen molar-refractivity contribution in [2.45, 2.75) is 19.9 Å². The molecule has 1 aromatic carbocycles. The van der Waals surface area contributed by atoms with E-state index in [1.165, 1.54) is 12.1 Å². The van der Waals surface area contributed by atoms with Crippen LogP contribution in [0.4, 0.5) is 5.69 Å². The van der Waals surface area contributed by atoms with Crippen molar-refractivity contribution >= 4 is 5.69 Å². The zero-order valence-electron chi connectivity index (χ0n) is 11.3. The third-order valence-electron chi connectivity index (χ3n) is 2.84. The lowest BCUT2D eigenvalue weighted by molar-refractivity contribution is -0.384. The minimum atomic E-state index is -0.420. The summed E-state index contributed by atoms with van der Waals surface area (Å²) in [6.45, 7) is 4.73. The first-order valence-corrected chi connectivity index (χ1v) is 6.55. The largest absolute Gasteiger partial charge is 0.317 e. The molecule has 20 heavy (non-hydrogen) atoms. The summed E-state index contributed by atoms with van der Waals surface area (Å²) < 4.78 is 1.76. The molecule has 0 amide bonds. The lowest BCUT2D eigenvalue weighted by Crippen LogP contribution is -2.16. The van der Waals surface area contributed by atoms with Crippen LogP contribution in [0, 0.1) is 10.1 Å². The van der Waals surface area contributed by atoms with Crippen LogP contribution in [-0.2, 0) is 6.54 Å². The van der Waals surface area contributed by atoms with Crippen LogP contribution in [0.15, 0.2) is 30.6 Å². The first kappa shape index (κ1) is 14.1. The molecular weight excluding hydrogens is 258 g/mol. The van der Waals surface area contributed by atoms with Gasteiger partial charge in [-0.1, -0.05) is 19.1 Å². The van der Waals surface area contributed by atoms with Crippen molar-refractivity contribution in [2.75, 3.05) is 13.1 Å². The van der Waals surface area contributed by atoms with Gasteiger partial charge in [0.05, 0.1) is 4.92 Å². The molecule has 0 saturated heterocycles. The second-order valence-electron chi connectivity index (χ2n) is 4.35. The van der Waals surface area contributed by atoms with Gasteiger partial charge in [0.25, 0.3) is 5.69 Å². The maximum atomic E-state index is 10.7. The minimum absolute atomic E-state index is 0.0472. The van der Waals surface area contributed by atoms with Crippen LogP contribution in [0.2, 0.25) is 0 Å². The standard InChI is InChI=1S/C13H17N5O2/c1-2-14-7-4-8-17-10-15-13(16-17)11-5-3-6-12(9-11)18(19)20/h3,5-6,9-10,14H,2,4,7-8H2,1H3. The van der Waals surface area contributed by atoms with Crippen LogP contribution in [0.1, 0.15) is 13.3 Å². The molecule has 0 fully saturated rings. The number of rotatable bonds is 7. The summed E-state index contributed by atoms with van der Waals surface area (Å²) in [5.41, 5.74) is 0.704. The molecule has 2 rings (SSSR count). The number of nitrogens with zero attached hydrogens (tertiary/aromatic N) is 4. The highest BCUT2D eigenvalue weighted by atomic mass is 16.6. The summed E-state index contributed by atoms with van der Waals surface area (Å²) in [5, 5.41) is 18.3. The number of aryl methyl sites for hydroxylation is 1. The smallest absolute Gasteiger partial charge is 0.270 e. The van der Waals surface area contributed by atoms with Crippen LogP contribution in [0.3, 0.4) is 0 Å². The van der Waals surface area contributed by atoms with Gasteiger partial charge in [0.15, 0.2) is 5.82 Å². The first-order chi connectivity index (χ1) is 9.70. The molecular formula is C13H17N5O2. The molecule has 0 atom stereocenters. The van der Waals surface area contributed by atoms with E-state index in [9.17, 15) is 10.1 Å². The summed E-state index contributed by atoms with van der Waals surface area (Å²) in [4.78, 5) is 14.5. The predicted molar refractivity (Wildman–Crippen MR) is 75.3 cm³/mol. The Morgan fingerprint density at radius 1 is 1.45 bits per heavy atom. The normalized spacial score (nSPS) is 10.7. The predicted octanol–water partition coefficient (Wildman–Crippen LogP) is 1.85. The van der Waals surface area contributed by atoms with Crippen LogP contribution in [-0.4, -0.2) is 32.8 Å². The van der Waals surface area contributed by atoms with Gasteiger partial charge in [-0.3, -0.25) is 14.8 Å². The highest BCUT2D eigenvalue weighted by Gasteiger charge is 2.10. The van der Waals surface area contributed by atoms with E-state index in [1.807, 2.05) is 0 Å². The Hall–Kier alpha value is -2.28. The van der Waals surface area contributed by atoms with Gasteiger partial charge in [-0.05, 0) is 19.5 Å². The molecule has 1 aromatic heterocycles. The molecule has 0 saturated carbocycles. The van der Waals surface area contributed by atoms with Crippen LogP contribution in [0.25, 0.3) is 11.4 Å². The molecule has 7 heteroatoms. The summed E-state index contributed by atoms with van der Waals surface area (Å²) in [6.07, 6.45) is 2.62. The van der Waals surface area contributed by atoms with E-state index < -0.39 is 4.92 Å². The van der Waals surface area contributed by atoms with E-state index in [0.29, 0.717) is 11.4 Å². The summed E-state index contributed by atoms with van der Waals surface area (Å²) in [5.74, 6) is 0.511. The molecule has 1 heterocycles. The summed E-state index contributed by atoms with van der Waals surface area (Å²) in [6, 6.07) is 6.35. The van der Waals surface area contributed by atoms with Gasteiger partial charge < -0.3 is 5.32 Å². The van der Waals surface area contributed by atoms with Crippen molar-refractivity contribution < 1.29 is 4.92 Å². The van der Waals surface area contributed by atoms with Gasteiger partial charge in [-0.2, -0.15) is 5.10 Å². The lowest BCUT2D eigenvalue weighted by atomic mass is 10.2. The van der Waals surface area contributed by atoms with Crippen molar-refractivity contribution in [3.63, 3.8) is 0 Å². The quantitative estimate of drug-likeness (QED) is 0.473. The van der Waals surface area contributed by atoms with Gasteiger partial charge in [0.1, 0.15) is 6.33 Å². The van der Waals surface area contributed by atoms with Gasteiger partial charge in [-0.25, -0.2) is 4.98 Å². The molecule has 106 valence electrons. The van der Waals surface area contributed by atoms with Crippen molar-refractivity contribution in [1.29, 1.82) is 0 Å². The average Bonchev–Trinajstić information content (AvgIpc) is 2.92.